The third-order valence-electron chi connectivity index (χ3n) is 2.86. The summed E-state index contributed by atoms with van der Waals surface area (Å²) >= 11 is 0. The van der Waals surface area contributed by atoms with Crippen LogP contribution in [0.2, 0.25) is 0 Å². The van der Waals surface area contributed by atoms with Crippen molar-refractivity contribution in [1.29, 1.82) is 0 Å². The van der Waals surface area contributed by atoms with Gasteiger partial charge in [0.2, 0.25) is 0 Å². The quantitative estimate of drug-likeness (QED) is 0.665. The second kappa shape index (κ2) is 6.41. The third-order valence-corrected chi connectivity index (χ3v) is 3.96. The molecular weight excluding hydrogens is 334 g/mol. The van der Waals surface area contributed by atoms with Gasteiger partial charge in [0.05, 0.1) is 5.69 Å². The minimum atomic E-state index is -5.52. The lowest BCUT2D eigenvalue weighted by molar-refractivity contribution is -0.0429. The predicted octanol–water partition coefficient (Wildman–Crippen LogP) is 4.26. The Balaban J connectivity index is 2.34. The first-order chi connectivity index (χ1) is 10.7. The molecule has 2 aromatic carbocycles. The monoisotopic (exact) mass is 345 g/mol. The number of nitrogens with one attached hydrogen (secondary N) is 1. The number of halogens is 4. The zero-order valence-corrected chi connectivity index (χ0v) is 12.3. The van der Waals surface area contributed by atoms with Crippen LogP contribution in [-0.2, 0) is 10.0 Å². The van der Waals surface area contributed by atoms with Crippen LogP contribution < -0.4 is 4.72 Å². The molecule has 0 aromatic heterocycles. The molecule has 2 aromatic rings. The van der Waals surface area contributed by atoms with Crippen LogP contribution in [0, 0.1) is 5.82 Å². The smallest absolute Gasteiger partial charge is 0.275 e. The first kappa shape index (κ1) is 17.0. The average Bonchev–Trinajstić information content (AvgIpc) is 2.46. The molecule has 0 heterocycles. The van der Waals surface area contributed by atoms with E-state index in [1.807, 2.05) is 0 Å². The van der Waals surface area contributed by atoms with Gasteiger partial charge >= 0.3 is 15.5 Å². The van der Waals surface area contributed by atoms with Crippen molar-refractivity contribution in [3.8, 4) is 0 Å². The van der Waals surface area contributed by atoms with Gasteiger partial charge in [0, 0.05) is 5.56 Å². The van der Waals surface area contributed by atoms with E-state index < -0.39 is 21.3 Å². The van der Waals surface area contributed by atoms with Crippen LogP contribution >= 0.6 is 0 Å². The number of benzene rings is 2. The zero-order valence-electron chi connectivity index (χ0n) is 11.5. The van der Waals surface area contributed by atoms with Crippen molar-refractivity contribution in [2.45, 2.75) is 5.51 Å². The first-order valence-electron chi connectivity index (χ1n) is 6.31. The van der Waals surface area contributed by atoms with Gasteiger partial charge in [0.1, 0.15) is 5.82 Å². The Bertz CT molecular complexity index is 829. The predicted molar refractivity (Wildman–Crippen MR) is 80.4 cm³/mol. The number of sulfonamides is 1. The van der Waals surface area contributed by atoms with Crippen molar-refractivity contribution in [3.05, 3.63) is 65.5 Å². The van der Waals surface area contributed by atoms with Crippen LogP contribution in [0.25, 0.3) is 12.2 Å². The highest BCUT2D eigenvalue weighted by Gasteiger charge is 2.46. The van der Waals surface area contributed by atoms with Crippen LogP contribution in [0.4, 0.5) is 23.2 Å². The molecule has 23 heavy (non-hydrogen) atoms. The molecule has 0 aliphatic rings. The standard InChI is InChI=1S/C15H11F4NO2S/c16-13-7-3-1-5-11(13)9-10-12-6-2-4-8-14(12)20-23(21,22)15(17,18)19/h1-10,20H/b10-9+. The Morgan fingerprint density at radius 3 is 2.00 bits per heavy atom. The van der Waals surface area contributed by atoms with E-state index in [0.29, 0.717) is 0 Å². The fourth-order valence-electron chi connectivity index (χ4n) is 1.73. The molecule has 122 valence electrons. The van der Waals surface area contributed by atoms with Crippen molar-refractivity contribution < 1.29 is 26.0 Å². The number of anilines is 1. The van der Waals surface area contributed by atoms with Crippen LogP contribution in [0.15, 0.2) is 48.5 Å². The molecule has 0 aliphatic heterocycles. The highest BCUT2D eigenvalue weighted by molar-refractivity contribution is 7.93. The minimum absolute atomic E-state index is 0.170. The van der Waals surface area contributed by atoms with Crippen LogP contribution in [0.5, 0.6) is 0 Å². The Morgan fingerprint density at radius 1 is 0.870 bits per heavy atom. The van der Waals surface area contributed by atoms with Gasteiger partial charge in [0.25, 0.3) is 0 Å². The summed E-state index contributed by atoms with van der Waals surface area (Å²) < 4.78 is 74.7. The van der Waals surface area contributed by atoms with Gasteiger partial charge in [-0.15, -0.1) is 0 Å². The molecular formula is C15H11F4NO2S. The molecule has 0 atom stereocenters. The van der Waals surface area contributed by atoms with E-state index in [9.17, 15) is 26.0 Å². The number of para-hydroxylation sites is 1. The summed E-state index contributed by atoms with van der Waals surface area (Å²) in [5.74, 6) is -0.503. The lowest BCUT2D eigenvalue weighted by Gasteiger charge is -2.12. The Morgan fingerprint density at radius 2 is 1.39 bits per heavy atom. The molecule has 0 spiro atoms. The SMILES string of the molecule is O=S(=O)(Nc1ccccc1/C=C/c1ccccc1F)C(F)(F)F. The molecule has 0 fully saturated rings. The van der Waals surface area contributed by atoms with Gasteiger partial charge in [-0.1, -0.05) is 48.6 Å². The van der Waals surface area contributed by atoms with Crippen molar-refractivity contribution in [1.82, 2.24) is 0 Å². The fourth-order valence-corrected chi connectivity index (χ4v) is 2.32. The molecule has 0 bridgehead atoms. The third kappa shape index (κ3) is 4.10. The van der Waals surface area contributed by atoms with Gasteiger partial charge in [-0.25, -0.2) is 4.39 Å². The number of alkyl halides is 3. The van der Waals surface area contributed by atoms with Crippen molar-refractivity contribution in [2.24, 2.45) is 0 Å². The van der Waals surface area contributed by atoms with Gasteiger partial charge in [-0.2, -0.15) is 21.6 Å². The molecule has 0 saturated heterocycles. The van der Waals surface area contributed by atoms with Gasteiger partial charge in [-0.3, -0.25) is 4.72 Å². The van der Waals surface area contributed by atoms with Gasteiger partial charge in [0.15, 0.2) is 0 Å². The summed E-state index contributed by atoms with van der Waals surface area (Å²) in [7, 11) is -5.52. The maximum absolute atomic E-state index is 13.5. The fraction of sp³-hybridized carbons (Fsp3) is 0.0667. The summed E-state index contributed by atoms with van der Waals surface area (Å²) in [6, 6.07) is 11.3. The normalized spacial score (nSPS) is 12.5. The van der Waals surface area contributed by atoms with E-state index in [1.54, 1.807) is 6.07 Å². The highest BCUT2D eigenvalue weighted by Crippen LogP contribution is 2.27. The Labute approximate surface area is 130 Å². The van der Waals surface area contributed by atoms with E-state index in [4.69, 9.17) is 0 Å². The summed E-state index contributed by atoms with van der Waals surface area (Å²) in [6.45, 7) is 0. The van der Waals surface area contributed by atoms with E-state index in [2.05, 4.69) is 0 Å². The van der Waals surface area contributed by atoms with Crippen molar-refractivity contribution >= 4 is 27.9 Å². The molecule has 0 saturated carbocycles. The highest BCUT2D eigenvalue weighted by atomic mass is 32.2. The topological polar surface area (TPSA) is 46.2 Å². The lowest BCUT2D eigenvalue weighted by Crippen LogP contribution is -2.30. The summed E-state index contributed by atoms with van der Waals surface area (Å²) in [5, 5.41) is 0. The largest absolute Gasteiger partial charge is 0.516 e. The Hall–Kier alpha value is -2.35. The molecule has 0 radical (unpaired) electrons. The number of hydrogen-bond acceptors (Lipinski definition) is 2. The van der Waals surface area contributed by atoms with Gasteiger partial charge in [-0.05, 0) is 17.7 Å². The second-order valence-corrected chi connectivity index (χ2v) is 6.17. The number of hydrogen-bond donors (Lipinski definition) is 1. The maximum atomic E-state index is 13.5. The molecule has 0 unspecified atom stereocenters. The molecule has 1 N–H and O–H groups in total. The van der Waals surface area contributed by atoms with Crippen LogP contribution in [0.3, 0.4) is 0 Å². The van der Waals surface area contributed by atoms with Crippen LogP contribution in [-0.4, -0.2) is 13.9 Å². The van der Waals surface area contributed by atoms with Crippen molar-refractivity contribution in [2.75, 3.05) is 4.72 Å². The summed E-state index contributed by atoms with van der Waals surface area (Å²) in [5.41, 5.74) is -5.28. The van der Waals surface area contributed by atoms with E-state index >= 15 is 0 Å². The number of rotatable bonds is 4. The molecule has 0 amide bonds. The molecule has 3 nitrogen and oxygen atoms in total. The average molecular weight is 345 g/mol. The Kier molecular flexibility index (Phi) is 4.74. The minimum Gasteiger partial charge on any atom is -0.275 e. The zero-order chi connectivity index (χ0) is 17.1. The van der Waals surface area contributed by atoms with Crippen molar-refractivity contribution in [3.63, 3.8) is 0 Å². The van der Waals surface area contributed by atoms with Crippen LogP contribution in [0.1, 0.15) is 11.1 Å². The lowest BCUT2D eigenvalue weighted by atomic mass is 10.1. The second-order valence-electron chi connectivity index (χ2n) is 4.49. The summed E-state index contributed by atoms with van der Waals surface area (Å²) in [4.78, 5) is 0. The van der Waals surface area contributed by atoms with E-state index in [-0.39, 0.29) is 16.8 Å². The molecule has 0 aliphatic carbocycles. The van der Waals surface area contributed by atoms with E-state index in [0.717, 1.165) is 0 Å². The first-order valence-corrected chi connectivity index (χ1v) is 7.80. The van der Waals surface area contributed by atoms with Gasteiger partial charge < -0.3 is 0 Å². The molecule has 8 heteroatoms. The maximum Gasteiger partial charge on any atom is 0.516 e. The van der Waals surface area contributed by atoms with E-state index in [1.165, 1.54) is 59.3 Å². The molecule has 2 rings (SSSR count). The summed E-state index contributed by atoms with van der Waals surface area (Å²) in [6.07, 6.45) is 2.67.